The summed E-state index contributed by atoms with van der Waals surface area (Å²) in [5, 5.41) is 25.9. The zero-order valence-electron chi connectivity index (χ0n) is 20.7. The van der Waals surface area contributed by atoms with Gasteiger partial charge >= 0.3 is 11.9 Å². The first-order valence-corrected chi connectivity index (χ1v) is 13.2. The Hall–Kier alpha value is -2.38. The van der Waals surface area contributed by atoms with Crippen LogP contribution in [0.3, 0.4) is 0 Å². The summed E-state index contributed by atoms with van der Waals surface area (Å²) in [4.78, 5) is 60.8. The number of carboxylic acid groups (broad SMARTS) is 2. The van der Waals surface area contributed by atoms with Gasteiger partial charge in [0.1, 0.15) is 18.1 Å². The second kappa shape index (κ2) is 18.0. The van der Waals surface area contributed by atoms with E-state index >= 15 is 0 Å². The molecule has 12 nitrogen and oxygen atoms in total. The summed E-state index contributed by atoms with van der Waals surface area (Å²) in [6, 6.07) is -4.23. The van der Waals surface area contributed by atoms with E-state index in [0.29, 0.717) is 31.6 Å². The largest absolute Gasteiger partial charge is 0.481 e. The molecule has 0 aromatic rings. The highest BCUT2D eigenvalue weighted by atomic mass is 32.2. The molecule has 0 aromatic carbocycles. The first-order chi connectivity index (χ1) is 16.5. The smallest absolute Gasteiger partial charge is 0.326 e. The number of rotatable bonds is 19. The van der Waals surface area contributed by atoms with Gasteiger partial charge in [-0.15, -0.1) is 0 Å². The second-order valence-electron chi connectivity index (χ2n) is 8.44. The first kappa shape index (κ1) is 32.6. The van der Waals surface area contributed by atoms with Crippen LogP contribution in [0.25, 0.3) is 0 Å². The van der Waals surface area contributed by atoms with Gasteiger partial charge in [0.15, 0.2) is 0 Å². The molecule has 0 aliphatic carbocycles. The summed E-state index contributed by atoms with van der Waals surface area (Å²) in [6.07, 6.45) is 3.61. The quantitative estimate of drug-likeness (QED) is 0.110. The van der Waals surface area contributed by atoms with Crippen molar-refractivity contribution in [1.29, 1.82) is 0 Å². The van der Waals surface area contributed by atoms with Gasteiger partial charge in [0.25, 0.3) is 0 Å². The van der Waals surface area contributed by atoms with Crippen molar-refractivity contribution < 1.29 is 34.2 Å². The van der Waals surface area contributed by atoms with E-state index in [1.165, 1.54) is 11.8 Å². The fraction of sp³-hybridized carbons (Fsp3) is 0.773. The SMILES string of the molecule is CCC(C)C(NC(=O)C(N)CCC(=O)O)C(=O)NC(CCSC)C(=O)NC(CCCCN)C(=O)O. The number of nitrogens with two attached hydrogens (primary N) is 2. The first-order valence-electron chi connectivity index (χ1n) is 11.8. The lowest BCUT2D eigenvalue weighted by Gasteiger charge is -2.28. The molecule has 13 heteroatoms. The maximum absolute atomic E-state index is 13.1. The Kier molecular flexibility index (Phi) is 16.7. The molecule has 3 amide bonds. The molecule has 0 rings (SSSR count). The van der Waals surface area contributed by atoms with Crippen molar-refractivity contribution in [3.05, 3.63) is 0 Å². The molecular formula is C22H41N5O7S. The Morgan fingerprint density at radius 2 is 1.51 bits per heavy atom. The van der Waals surface area contributed by atoms with Gasteiger partial charge in [-0.1, -0.05) is 20.3 Å². The molecule has 0 aromatic heterocycles. The van der Waals surface area contributed by atoms with Crippen molar-refractivity contribution in [1.82, 2.24) is 16.0 Å². The lowest BCUT2D eigenvalue weighted by atomic mass is 9.97. The molecule has 5 unspecified atom stereocenters. The fourth-order valence-electron chi connectivity index (χ4n) is 3.16. The summed E-state index contributed by atoms with van der Waals surface area (Å²) >= 11 is 1.46. The van der Waals surface area contributed by atoms with Gasteiger partial charge < -0.3 is 37.6 Å². The molecule has 0 fully saturated rings. The molecule has 0 saturated carbocycles. The molecule has 0 radical (unpaired) electrons. The van der Waals surface area contributed by atoms with E-state index in [4.69, 9.17) is 16.6 Å². The number of hydrogen-bond acceptors (Lipinski definition) is 8. The number of nitrogens with one attached hydrogen (secondary N) is 3. The van der Waals surface area contributed by atoms with Crippen LogP contribution in [0.4, 0.5) is 0 Å². The number of carbonyl (C=O) groups is 5. The van der Waals surface area contributed by atoms with Crippen molar-refractivity contribution in [3.8, 4) is 0 Å². The lowest BCUT2D eigenvalue weighted by molar-refractivity contribution is -0.142. The topological polar surface area (TPSA) is 214 Å². The van der Waals surface area contributed by atoms with E-state index in [9.17, 15) is 29.1 Å². The molecule has 9 N–H and O–H groups in total. The summed E-state index contributed by atoms with van der Waals surface area (Å²) in [5.74, 6) is -3.93. The van der Waals surface area contributed by atoms with Crippen LogP contribution < -0.4 is 27.4 Å². The normalized spacial score (nSPS) is 15.2. The highest BCUT2D eigenvalue weighted by molar-refractivity contribution is 7.98. The Bertz CT molecular complexity index is 710. The summed E-state index contributed by atoms with van der Waals surface area (Å²) in [5.41, 5.74) is 11.2. The van der Waals surface area contributed by atoms with Gasteiger partial charge in [-0.2, -0.15) is 11.8 Å². The van der Waals surface area contributed by atoms with Crippen molar-refractivity contribution in [2.45, 2.75) is 83.0 Å². The van der Waals surface area contributed by atoms with Crippen molar-refractivity contribution >= 4 is 41.4 Å². The number of thioether (sulfide) groups is 1. The standard InChI is InChI=1S/C22H41N5O7S/c1-4-13(2)18(27-19(30)14(24)8-9-17(28)29)21(32)25-15(10-12-35-3)20(31)26-16(22(33)34)7-5-6-11-23/h13-16,18H,4-12,23-24H2,1-3H3,(H,25,32)(H,26,31)(H,27,30)(H,28,29)(H,33,34). The highest BCUT2D eigenvalue weighted by Crippen LogP contribution is 2.11. The number of amides is 3. The minimum atomic E-state index is -1.18. The van der Waals surface area contributed by atoms with E-state index in [1.807, 2.05) is 13.2 Å². The maximum Gasteiger partial charge on any atom is 0.326 e. The fourth-order valence-corrected chi connectivity index (χ4v) is 3.63. The molecule has 0 spiro atoms. The third-order valence-corrected chi connectivity index (χ3v) is 6.25. The molecule has 0 aliphatic heterocycles. The van der Waals surface area contributed by atoms with Gasteiger partial charge in [0.2, 0.25) is 17.7 Å². The van der Waals surface area contributed by atoms with Gasteiger partial charge in [-0.05, 0) is 56.6 Å². The van der Waals surface area contributed by atoms with Crippen LogP contribution in [0, 0.1) is 5.92 Å². The van der Waals surface area contributed by atoms with E-state index in [0.717, 1.165) is 0 Å². The predicted molar refractivity (Wildman–Crippen MR) is 134 cm³/mol. The van der Waals surface area contributed by atoms with Crippen LogP contribution in [-0.4, -0.2) is 82.6 Å². The van der Waals surface area contributed by atoms with Crippen LogP contribution in [-0.2, 0) is 24.0 Å². The number of unbranched alkanes of at least 4 members (excludes halogenated alkanes) is 1. The number of carboxylic acids is 2. The third-order valence-electron chi connectivity index (χ3n) is 5.60. The van der Waals surface area contributed by atoms with Crippen molar-refractivity contribution in [2.24, 2.45) is 17.4 Å². The Balaban J connectivity index is 5.44. The number of aliphatic carboxylic acids is 2. The van der Waals surface area contributed by atoms with Gasteiger partial charge in [-0.3, -0.25) is 19.2 Å². The Labute approximate surface area is 210 Å². The molecule has 0 saturated heterocycles. The van der Waals surface area contributed by atoms with Crippen LogP contribution >= 0.6 is 11.8 Å². The molecule has 0 aliphatic rings. The summed E-state index contributed by atoms with van der Waals surface area (Å²) in [7, 11) is 0. The van der Waals surface area contributed by atoms with Gasteiger partial charge in [0, 0.05) is 6.42 Å². The maximum atomic E-state index is 13.1. The van der Waals surface area contributed by atoms with Gasteiger partial charge in [0.05, 0.1) is 6.04 Å². The number of hydrogen-bond donors (Lipinski definition) is 7. The second-order valence-corrected chi connectivity index (χ2v) is 9.42. The zero-order valence-corrected chi connectivity index (χ0v) is 21.6. The minimum Gasteiger partial charge on any atom is -0.481 e. The Morgan fingerprint density at radius 3 is 2.03 bits per heavy atom. The van der Waals surface area contributed by atoms with Crippen LogP contribution in [0.15, 0.2) is 0 Å². The summed E-state index contributed by atoms with van der Waals surface area (Å²) in [6.45, 7) is 4.00. The third kappa shape index (κ3) is 13.3. The predicted octanol–water partition coefficient (Wildman–Crippen LogP) is -0.354. The highest BCUT2D eigenvalue weighted by Gasteiger charge is 2.32. The van der Waals surface area contributed by atoms with Crippen molar-refractivity contribution in [3.63, 3.8) is 0 Å². The average molecular weight is 520 g/mol. The Morgan fingerprint density at radius 1 is 0.886 bits per heavy atom. The number of carbonyl (C=O) groups excluding carboxylic acids is 3. The van der Waals surface area contributed by atoms with Crippen LogP contribution in [0.2, 0.25) is 0 Å². The zero-order chi connectivity index (χ0) is 27.0. The summed E-state index contributed by atoms with van der Waals surface area (Å²) < 4.78 is 0. The van der Waals surface area contributed by atoms with E-state index in [-0.39, 0.29) is 31.6 Å². The van der Waals surface area contributed by atoms with E-state index < -0.39 is 53.8 Å². The molecule has 202 valence electrons. The minimum absolute atomic E-state index is 0.0878. The van der Waals surface area contributed by atoms with Crippen LogP contribution in [0.1, 0.15) is 58.8 Å². The van der Waals surface area contributed by atoms with E-state index in [1.54, 1.807) is 6.92 Å². The lowest BCUT2D eigenvalue weighted by Crippen LogP contribution is -2.58. The monoisotopic (exact) mass is 519 g/mol. The average Bonchev–Trinajstić information content (AvgIpc) is 2.81. The van der Waals surface area contributed by atoms with E-state index in [2.05, 4.69) is 16.0 Å². The van der Waals surface area contributed by atoms with Crippen LogP contribution in [0.5, 0.6) is 0 Å². The molecule has 0 heterocycles. The molecule has 35 heavy (non-hydrogen) atoms. The van der Waals surface area contributed by atoms with Gasteiger partial charge in [-0.25, -0.2) is 4.79 Å². The van der Waals surface area contributed by atoms with Crippen molar-refractivity contribution in [2.75, 3.05) is 18.6 Å². The molecule has 5 atom stereocenters. The molecule has 0 bridgehead atoms. The molecular weight excluding hydrogens is 478 g/mol.